The Bertz CT molecular complexity index is 7520. The van der Waals surface area contributed by atoms with Gasteiger partial charge in [-0.1, -0.05) is 0 Å². The fourth-order valence-electron chi connectivity index (χ4n) is 28.5. The van der Waals surface area contributed by atoms with Crippen LogP contribution in [0.4, 0.5) is 0 Å². The second-order valence-corrected chi connectivity index (χ2v) is 35.3. The lowest BCUT2D eigenvalue weighted by Crippen LogP contribution is -2.27. The molecule has 10 aliphatic carbocycles. The summed E-state index contributed by atoms with van der Waals surface area (Å²) < 4.78 is 64.2. The molecule has 24 aromatic rings. The Morgan fingerprint density at radius 1 is 0.154 bits per heavy atom. The average molecular weight is 1070 g/mol. The Hall–Kier alpha value is -6.68. The molecule has 4 unspecified atom stereocenters. The van der Waals surface area contributed by atoms with E-state index in [2.05, 4.69) is 0 Å². The van der Waals surface area contributed by atoms with Crippen molar-refractivity contribution in [3.8, 4) is 0 Å². The number of rotatable bonds is 4. The smallest absolute Gasteiger partial charge is 0.324 e. The largest absolute Gasteiger partial charge is 0.346 e. The van der Waals surface area contributed by atoms with Crippen molar-refractivity contribution in [3.05, 3.63) is 44.5 Å². The molecule has 0 aromatic heterocycles. The molecule has 2 saturated carbocycles. The van der Waals surface area contributed by atoms with Gasteiger partial charge in [-0.2, -0.15) is 0 Å². The number of benzene rings is 16. The van der Waals surface area contributed by atoms with Gasteiger partial charge in [0.05, 0.1) is 21.7 Å². The monoisotopic (exact) mass is 1070 g/mol. The van der Waals surface area contributed by atoms with Gasteiger partial charge in [0.2, 0.25) is 9.79 Å². The minimum Gasteiger partial charge on any atom is -0.324 e. The molecule has 16 heteroatoms. The highest BCUT2D eigenvalue weighted by molar-refractivity contribution is 7.74. The maximum Gasteiger partial charge on any atom is 0.346 e. The van der Waals surface area contributed by atoms with E-state index in [0.717, 1.165) is 226 Å². The average Bonchev–Trinajstić information content (AvgIpc) is 1.36. The molecule has 0 bridgehead atoms. The maximum atomic E-state index is 16.0. The third kappa shape index (κ3) is 1.62. The molecule has 0 heterocycles. The SMILES string of the molecule is O=P(O)(O)C1(P(=O)(O)O)C23c4c5c6c7c8c9c%10c%11c%12c%13c%14c%15c(c6c6c4c4c%16c%17c%18c(c%19c%20c2c5c8c2c%20c5c%19c8c%18c%18c%19c%17c%17c4c6c%15c4c%14c6c%12c%12c%14c%11c(c92)c5c%14c8c%18c%12c6c%19c4%17)C%1631)C71C%10%13C1(P(=O)(O)O)P(=O)(O)O. The van der Waals surface area contributed by atoms with Crippen LogP contribution in [-0.2, 0) is 39.9 Å². The zero-order valence-corrected chi connectivity index (χ0v) is 41.6. The Kier molecular flexibility index (Phi) is 2.92. The fraction of sp³-hybridized carbons (Fsp3) is 0.0968. The molecule has 4 atom stereocenters. The summed E-state index contributed by atoms with van der Waals surface area (Å²) in [4.78, 5) is 97.9. The zero-order valence-electron chi connectivity index (χ0n) is 38.0. The van der Waals surface area contributed by atoms with E-state index in [0.29, 0.717) is 76.8 Å². The van der Waals surface area contributed by atoms with Crippen molar-refractivity contribution in [2.24, 2.45) is 0 Å². The van der Waals surface area contributed by atoms with Gasteiger partial charge in [-0.15, -0.1) is 0 Å². The van der Waals surface area contributed by atoms with Crippen molar-refractivity contribution in [1.82, 2.24) is 0 Å². The molecule has 12 nitrogen and oxygen atoms in total. The molecule has 8 N–H and O–H groups in total. The van der Waals surface area contributed by atoms with Gasteiger partial charge in [-0.25, -0.2) is 0 Å². The van der Waals surface area contributed by atoms with E-state index in [-0.39, 0.29) is 0 Å². The topological polar surface area (TPSA) is 230 Å². The Labute approximate surface area is 420 Å². The van der Waals surface area contributed by atoms with Crippen LogP contribution in [0.2, 0.25) is 0 Å². The number of hydrogen-bond acceptors (Lipinski definition) is 4. The minimum atomic E-state index is -6.02. The van der Waals surface area contributed by atoms with E-state index < -0.39 is 61.8 Å². The van der Waals surface area contributed by atoms with Crippen molar-refractivity contribution < 1.29 is 57.4 Å². The molecule has 0 amide bonds. The Morgan fingerprint density at radius 3 is 0.333 bits per heavy atom. The van der Waals surface area contributed by atoms with E-state index in [1.807, 2.05) is 0 Å². The Morgan fingerprint density at radius 2 is 0.231 bits per heavy atom. The molecule has 348 valence electrons. The molecule has 0 saturated heterocycles. The van der Waals surface area contributed by atoms with Gasteiger partial charge in [0.25, 0.3) is 0 Å². The fourth-order valence-corrected chi connectivity index (χ4v) is 37.7. The summed E-state index contributed by atoms with van der Waals surface area (Å²) in [6.07, 6.45) is 0. The van der Waals surface area contributed by atoms with Gasteiger partial charge in [-0.05, 0) is 303 Å². The van der Waals surface area contributed by atoms with E-state index >= 15 is 18.3 Å². The van der Waals surface area contributed by atoms with Gasteiger partial charge in [0.15, 0.2) is 0 Å². The molecular weight excluding hydrogens is 1060 g/mol. The lowest BCUT2D eigenvalue weighted by atomic mass is 9.67. The van der Waals surface area contributed by atoms with Crippen molar-refractivity contribution in [3.63, 3.8) is 0 Å². The highest BCUT2D eigenvalue weighted by atomic mass is 31.2. The molecule has 34 rings (SSSR count). The van der Waals surface area contributed by atoms with E-state index in [1.165, 1.54) is 0 Å². The summed E-state index contributed by atoms with van der Waals surface area (Å²) >= 11 is 0. The number of hydrogen-bond donors (Lipinski definition) is 8. The summed E-state index contributed by atoms with van der Waals surface area (Å²) in [5.41, 5.74) is -3.37. The van der Waals surface area contributed by atoms with Crippen LogP contribution in [0.25, 0.3) is 259 Å². The summed E-state index contributed by atoms with van der Waals surface area (Å²) in [6.45, 7) is 0. The molecule has 24 aromatic carbocycles. The van der Waals surface area contributed by atoms with Crippen LogP contribution >= 0.6 is 30.4 Å². The highest BCUT2D eigenvalue weighted by Gasteiger charge is 3.07. The van der Waals surface area contributed by atoms with Crippen molar-refractivity contribution >= 4 is 289 Å². The third-order valence-corrected chi connectivity index (χ3v) is 37.0. The van der Waals surface area contributed by atoms with Crippen LogP contribution in [0.15, 0.2) is 0 Å². The summed E-state index contributed by atoms with van der Waals surface area (Å²) in [6, 6.07) is 0. The first-order valence-corrected chi connectivity index (χ1v) is 33.2. The maximum absolute atomic E-state index is 16.0. The lowest BCUT2D eigenvalue weighted by molar-refractivity contribution is 0.323. The highest BCUT2D eigenvalue weighted by Crippen LogP contribution is 3.08. The molecule has 10 aliphatic rings. The predicted octanol–water partition coefficient (Wildman–Crippen LogP) is 13.0. The standard InChI is InChI=1S/C62H8O12P4/c63-75(64,65)61(76(66,67)68)57-49-33-21-9-1-2-6-4-8-16-23(11(4)9)35(33)51(57)42-30(16)20-28-18(8)26-14(6)22-10(2)12-3-5(1)13(21)25-17-7(3)15-24(12)36-34(22)50-38(26)40(28)54-46-32(20)44(42)55-47-45-31-19(27(17)39(37(25)49)53(45)59(55,57)61)29(15)41-43(31)56(48(46)47)60(54)58(50,52(36)41)62(60,77(69,70)71)78(72,73)74/h(H2,63,64,65)(H2,66,67,68)(H2,69,70,71)(H2,72,73,74). The van der Waals surface area contributed by atoms with Crippen LogP contribution in [0.1, 0.15) is 44.5 Å². The quantitative estimate of drug-likeness (QED) is 0.0608. The van der Waals surface area contributed by atoms with E-state index in [9.17, 15) is 39.1 Å². The third-order valence-electron chi connectivity index (χ3n) is 27.8. The molecule has 78 heavy (non-hydrogen) atoms. The molecule has 2 fully saturated rings. The normalized spacial score (nSPS) is 28.1. The van der Waals surface area contributed by atoms with Crippen molar-refractivity contribution in [2.75, 3.05) is 0 Å². The van der Waals surface area contributed by atoms with Crippen LogP contribution in [0, 0.1) is 0 Å². The lowest BCUT2D eigenvalue weighted by Gasteiger charge is -2.32. The van der Waals surface area contributed by atoms with Crippen LogP contribution in [-0.4, -0.2) is 48.9 Å². The van der Waals surface area contributed by atoms with Gasteiger partial charge >= 0.3 is 30.4 Å². The van der Waals surface area contributed by atoms with Crippen molar-refractivity contribution in [2.45, 2.75) is 31.5 Å². The predicted molar refractivity (Wildman–Crippen MR) is 301 cm³/mol. The van der Waals surface area contributed by atoms with Gasteiger partial charge in [0.1, 0.15) is 0 Å². The molecule has 0 aliphatic heterocycles. The zero-order chi connectivity index (χ0) is 49.3. The first kappa shape index (κ1) is 33.0. The Balaban J connectivity index is 1.16. The molecule has 4 spiro atoms. The van der Waals surface area contributed by atoms with Crippen LogP contribution in [0.5, 0.6) is 0 Å². The summed E-state index contributed by atoms with van der Waals surface area (Å²) in [5.74, 6) is 0. The second-order valence-electron chi connectivity index (χ2n) is 27.5. The summed E-state index contributed by atoms with van der Waals surface area (Å²) in [7, 11) is -24.1. The molecule has 0 radical (unpaired) electrons. The van der Waals surface area contributed by atoms with E-state index in [4.69, 9.17) is 0 Å². The van der Waals surface area contributed by atoms with Gasteiger partial charge < -0.3 is 39.1 Å². The van der Waals surface area contributed by atoms with Crippen LogP contribution in [0.3, 0.4) is 0 Å². The van der Waals surface area contributed by atoms with Gasteiger partial charge in [0, 0.05) is 0 Å². The minimum absolute atomic E-state index is 0.489. The van der Waals surface area contributed by atoms with E-state index in [1.54, 1.807) is 0 Å². The van der Waals surface area contributed by atoms with Crippen LogP contribution < -0.4 is 0 Å². The first-order chi connectivity index (χ1) is 37.5. The molecular formula is C62H8O12P4. The van der Waals surface area contributed by atoms with Crippen molar-refractivity contribution in [1.29, 1.82) is 0 Å². The van der Waals surface area contributed by atoms with Gasteiger partial charge in [-0.3, -0.25) is 18.3 Å². The second kappa shape index (κ2) is 6.90. The first-order valence-electron chi connectivity index (χ1n) is 26.7. The summed E-state index contributed by atoms with van der Waals surface area (Å²) in [5, 5.41) is 45.4.